The zero-order valence-electron chi connectivity index (χ0n) is 32.4. The van der Waals surface area contributed by atoms with Crippen LogP contribution in [0.3, 0.4) is 0 Å². The van der Waals surface area contributed by atoms with Gasteiger partial charge in [-0.25, -0.2) is 0 Å². The Balaban J connectivity index is 2.59. The Kier molecular flexibility index (Phi) is 29.0. The summed E-state index contributed by atoms with van der Waals surface area (Å²) in [5.41, 5.74) is 1.36. The molecule has 1 fully saturated rings. The number of carbonyl (C=O) groups excluding carboxylic acids is 1. The van der Waals surface area contributed by atoms with Crippen LogP contribution in [0, 0.1) is 0 Å². The van der Waals surface area contributed by atoms with Crippen LogP contribution in [0.4, 0.5) is 0 Å². The first kappa shape index (κ1) is 47.7. The Morgan fingerprint density at radius 2 is 1.27 bits per heavy atom. The van der Waals surface area contributed by atoms with Crippen LogP contribution < -0.4 is 5.32 Å². The van der Waals surface area contributed by atoms with Gasteiger partial charge in [0.2, 0.25) is 5.91 Å². The largest absolute Gasteiger partial charge is 0.394 e. The Morgan fingerprint density at radius 3 is 1.82 bits per heavy atom. The van der Waals surface area contributed by atoms with E-state index >= 15 is 0 Å². The highest BCUT2D eigenvalue weighted by Gasteiger charge is 2.44. The summed E-state index contributed by atoms with van der Waals surface area (Å²) in [5.74, 6) is -0.628. The number of hydrogen-bond acceptors (Lipinski definition) is 9. The number of ether oxygens (including phenoxy) is 2. The average Bonchev–Trinajstić information content (AvgIpc) is 3.12. The van der Waals surface area contributed by atoms with Gasteiger partial charge in [0.25, 0.3) is 0 Å². The van der Waals surface area contributed by atoms with E-state index in [-0.39, 0.29) is 6.61 Å². The quantitative estimate of drug-likeness (QED) is 0.0301. The fraction of sp³-hybridized carbons (Fsp3) is 0.878. The van der Waals surface area contributed by atoms with E-state index in [4.69, 9.17) is 9.47 Å². The summed E-state index contributed by atoms with van der Waals surface area (Å²) in [7, 11) is 0. The van der Waals surface area contributed by atoms with Crippen molar-refractivity contribution in [3.63, 3.8) is 0 Å². The number of carbonyl (C=O) groups is 1. The van der Waals surface area contributed by atoms with E-state index < -0.39 is 61.5 Å². The molecule has 300 valence electrons. The number of allylic oxidation sites excluding steroid dienone is 3. The molecule has 0 aromatic heterocycles. The van der Waals surface area contributed by atoms with E-state index in [2.05, 4.69) is 32.2 Å². The number of amides is 1. The van der Waals surface area contributed by atoms with Crippen LogP contribution in [0.15, 0.2) is 23.8 Å². The predicted molar refractivity (Wildman–Crippen MR) is 204 cm³/mol. The van der Waals surface area contributed by atoms with Gasteiger partial charge in [-0.2, -0.15) is 0 Å². The second-order valence-electron chi connectivity index (χ2n) is 14.8. The normalized spacial score (nSPS) is 23.1. The Labute approximate surface area is 310 Å². The second-order valence-corrected chi connectivity index (χ2v) is 14.8. The lowest BCUT2D eigenvalue weighted by atomic mass is 9.99. The van der Waals surface area contributed by atoms with Gasteiger partial charge >= 0.3 is 0 Å². The van der Waals surface area contributed by atoms with Gasteiger partial charge in [0.1, 0.15) is 30.5 Å². The molecule has 10 heteroatoms. The number of rotatable bonds is 32. The minimum absolute atomic E-state index is 0.306. The number of aliphatic hydroxyl groups excluding tert-OH is 6. The molecule has 0 aromatic rings. The summed E-state index contributed by atoms with van der Waals surface area (Å²) in [5, 5.41) is 64.5. The highest BCUT2D eigenvalue weighted by molar-refractivity contribution is 5.80. The highest BCUT2D eigenvalue weighted by atomic mass is 16.7. The van der Waals surface area contributed by atoms with E-state index in [1.807, 2.05) is 6.08 Å². The molecule has 0 radical (unpaired) electrons. The third-order valence-corrected chi connectivity index (χ3v) is 10.00. The summed E-state index contributed by atoms with van der Waals surface area (Å²) in [6, 6.07) is -0.993. The van der Waals surface area contributed by atoms with Gasteiger partial charge in [0.05, 0.1) is 25.4 Å². The van der Waals surface area contributed by atoms with Crippen LogP contribution in [0.5, 0.6) is 0 Å². The first-order chi connectivity index (χ1) is 24.7. The molecular weight excluding hydrogens is 650 g/mol. The molecular formula is C41H77NO9. The van der Waals surface area contributed by atoms with Crippen molar-refractivity contribution >= 4 is 5.91 Å². The summed E-state index contributed by atoms with van der Waals surface area (Å²) in [6.45, 7) is 5.70. The molecule has 8 atom stereocenters. The number of nitrogens with one attached hydrogen (secondary N) is 1. The molecule has 0 aliphatic carbocycles. The molecule has 1 amide bonds. The topological polar surface area (TPSA) is 169 Å². The van der Waals surface area contributed by atoms with Gasteiger partial charge in [0.15, 0.2) is 6.29 Å². The Morgan fingerprint density at radius 1 is 0.745 bits per heavy atom. The molecule has 0 saturated carbocycles. The van der Waals surface area contributed by atoms with E-state index in [1.165, 1.54) is 102 Å². The maximum Gasteiger partial charge on any atom is 0.249 e. The van der Waals surface area contributed by atoms with Gasteiger partial charge in [-0.15, -0.1) is 0 Å². The van der Waals surface area contributed by atoms with Gasteiger partial charge in [-0.3, -0.25) is 4.79 Å². The van der Waals surface area contributed by atoms with E-state index in [9.17, 15) is 35.4 Å². The van der Waals surface area contributed by atoms with Crippen molar-refractivity contribution in [2.24, 2.45) is 0 Å². The molecule has 1 saturated heterocycles. The summed E-state index contributed by atoms with van der Waals surface area (Å²) in [6.07, 6.45) is 22.0. The maximum absolute atomic E-state index is 13.0. The summed E-state index contributed by atoms with van der Waals surface area (Å²) in [4.78, 5) is 13.0. The van der Waals surface area contributed by atoms with Crippen LogP contribution >= 0.6 is 0 Å². The maximum atomic E-state index is 13.0. The third kappa shape index (κ3) is 22.4. The number of hydrogen-bond donors (Lipinski definition) is 7. The standard InChI is InChI=1S/C41H77NO9/c1-4-6-8-10-12-13-14-15-16-18-20-24-29-35(45)40(49)42-33(31-50-41-39(48)38(47)37(46)36(30-43)51-41)34(44)28-25-21-23-27-32(3)26-22-19-17-11-9-7-5-2/h25,27-28,33-39,41,43-48H,4-24,26,29-31H2,1-3H3,(H,42,49)/b28-25+,32-27+/t33?,34?,35?,36?,37-,38?,39?,41-/m1/s1. The number of aliphatic hydroxyl groups is 6. The molecule has 1 heterocycles. The fourth-order valence-electron chi connectivity index (χ4n) is 6.48. The molecule has 0 spiro atoms. The SMILES string of the molecule is CCCCCCCCCCCCCCC(O)C(=O)NC(CO[C@@H]1OC(CO)[C@@H](O)C(O)C1O)C(O)/C=C/CC/C=C(\C)CCCCCCCCC. The average molecular weight is 728 g/mol. The van der Waals surface area contributed by atoms with Crippen molar-refractivity contribution in [2.75, 3.05) is 13.2 Å². The van der Waals surface area contributed by atoms with Crippen molar-refractivity contribution in [3.8, 4) is 0 Å². The number of unbranched alkanes of at least 4 members (excludes halogenated alkanes) is 18. The molecule has 10 nitrogen and oxygen atoms in total. The zero-order chi connectivity index (χ0) is 37.7. The van der Waals surface area contributed by atoms with Crippen molar-refractivity contribution in [2.45, 2.75) is 217 Å². The van der Waals surface area contributed by atoms with Crippen LogP contribution in [0.2, 0.25) is 0 Å². The molecule has 1 aliphatic heterocycles. The van der Waals surface area contributed by atoms with Gasteiger partial charge < -0.3 is 45.4 Å². The molecule has 0 bridgehead atoms. The van der Waals surface area contributed by atoms with Crippen LogP contribution in [0.25, 0.3) is 0 Å². The van der Waals surface area contributed by atoms with E-state index in [0.717, 1.165) is 32.1 Å². The second kappa shape index (κ2) is 31.0. The fourth-order valence-corrected chi connectivity index (χ4v) is 6.48. The molecule has 0 aromatic carbocycles. The monoisotopic (exact) mass is 728 g/mol. The lowest BCUT2D eigenvalue weighted by molar-refractivity contribution is -0.302. The van der Waals surface area contributed by atoms with Crippen molar-refractivity contribution < 1.29 is 44.9 Å². The predicted octanol–water partition coefficient (Wildman–Crippen LogP) is 6.52. The molecule has 6 unspecified atom stereocenters. The van der Waals surface area contributed by atoms with Crippen LogP contribution in [0.1, 0.15) is 168 Å². The van der Waals surface area contributed by atoms with Gasteiger partial charge in [0, 0.05) is 0 Å². The Bertz CT molecular complexity index is 898. The third-order valence-electron chi connectivity index (χ3n) is 10.00. The summed E-state index contributed by atoms with van der Waals surface area (Å²) < 4.78 is 11.1. The molecule has 7 N–H and O–H groups in total. The Hall–Kier alpha value is -1.37. The smallest absolute Gasteiger partial charge is 0.249 e. The van der Waals surface area contributed by atoms with Crippen LogP contribution in [-0.2, 0) is 14.3 Å². The first-order valence-corrected chi connectivity index (χ1v) is 20.6. The highest BCUT2D eigenvalue weighted by Crippen LogP contribution is 2.22. The van der Waals surface area contributed by atoms with Crippen LogP contribution in [-0.4, -0.2) is 98.7 Å². The van der Waals surface area contributed by atoms with Crippen molar-refractivity contribution in [1.29, 1.82) is 0 Å². The molecule has 51 heavy (non-hydrogen) atoms. The van der Waals surface area contributed by atoms with Crippen molar-refractivity contribution in [3.05, 3.63) is 23.8 Å². The lowest BCUT2D eigenvalue weighted by Gasteiger charge is -2.40. The van der Waals surface area contributed by atoms with Gasteiger partial charge in [-0.05, 0) is 39.0 Å². The minimum atomic E-state index is -1.61. The first-order valence-electron chi connectivity index (χ1n) is 20.6. The molecule has 1 rings (SSSR count). The van der Waals surface area contributed by atoms with E-state index in [1.54, 1.807) is 6.08 Å². The van der Waals surface area contributed by atoms with Gasteiger partial charge in [-0.1, -0.05) is 153 Å². The minimum Gasteiger partial charge on any atom is -0.394 e. The van der Waals surface area contributed by atoms with E-state index in [0.29, 0.717) is 19.3 Å². The summed E-state index contributed by atoms with van der Waals surface area (Å²) >= 11 is 0. The molecule has 1 aliphatic rings. The lowest BCUT2D eigenvalue weighted by Crippen LogP contribution is -2.60. The zero-order valence-corrected chi connectivity index (χ0v) is 32.4. The van der Waals surface area contributed by atoms with Crippen molar-refractivity contribution in [1.82, 2.24) is 5.32 Å².